The molecule has 0 unspecified atom stereocenters. The second-order valence-corrected chi connectivity index (χ2v) is 10.6. The number of benzene rings is 2. The number of hydrogen-bond acceptors (Lipinski definition) is 1. The van der Waals surface area contributed by atoms with E-state index in [-0.39, 0.29) is 0 Å². The first-order valence-corrected chi connectivity index (χ1v) is 10.2. The summed E-state index contributed by atoms with van der Waals surface area (Å²) in [5.41, 5.74) is 2.43. The molecule has 0 saturated carbocycles. The largest absolute Gasteiger partial charge is 0.544 e. The lowest BCUT2D eigenvalue weighted by molar-refractivity contribution is 0.558. The van der Waals surface area contributed by atoms with Gasteiger partial charge < -0.3 is 4.43 Å². The van der Waals surface area contributed by atoms with Crippen LogP contribution in [0.3, 0.4) is 0 Å². The third kappa shape index (κ3) is 3.72. The van der Waals surface area contributed by atoms with Crippen molar-refractivity contribution in [3.8, 4) is 16.9 Å². The van der Waals surface area contributed by atoms with Gasteiger partial charge >= 0.3 is 0 Å². The van der Waals surface area contributed by atoms with Gasteiger partial charge in [-0.1, -0.05) is 40.2 Å². The molecule has 1 nitrogen and oxygen atoms in total. The Labute approximate surface area is 118 Å². The summed E-state index contributed by atoms with van der Waals surface area (Å²) in [7, 11) is -1.51. The van der Waals surface area contributed by atoms with Crippen molar-refractivity contribution in [2.75, 3.05) is 0 Å². The highest BCUT2D eigenvalue weighted by Crippen LogP contribution is 2.25. The molecule has 0 spiro atoms. The van der Waals surface area contributed by atoms with Crippen molar-refractivity contribution in [3.63, 3.8) is 0 Å². The molecule has 0 aromatic heterocycles. The number of hydrogen-bond donors (Lipinski definition) is 0. The quantitative estimate of drug-likeness (QED) is 0.694. The molecule has 0 bridgehead atoms. The zero-order valence-electron chi connectivity index (χ0n) is 10.9. The van der Waals surface area contributed by atoms with E-state index in [9.17, 15) is 0 Å². The standard InChI is InChI=1S/C15H17BrOSi/c1-18(2,3)17-15-10-6-13(7-11-15)12-4-8-14(16)9-5-12/h4-11H,1-3H3. The summed E-state index contributed by atoms with van der Waals surface area (Å²) in [4.78, 5) is 0. The molecule has 0 radical (unpaired) electrons. The second-order valence-electron chi connectivity index (χ2n) is 5.25. The molecule has 0 saturated heterocycles. The minimum absolute atomic E-state index is 0.968. The summed E-state index contributed by atoms with van der Waals surface area (Å²) in [6.45, 7) is 6.57. The third-order valence-electron chi connectivity index (χ3n) is 2.46. The lowest BCUT2D eigenvalue weighted by Gasteiger charge is -2.19. The average molecular weight is 321 g/mol. The van der Waals surface area contributed by atoms with Crippen LogP contribution in [0.5, 0.6) is 5.75 Å². The predicted molar refractivity (Wildman–Crippen MR) is 83.6 cm³/mol. The fourth-order valence-electron chi connectivity index (χ4n) is 1.71. The van der Waals surface area contributed by atoms with Gasteiger partial charge in [-0.25, -0.2) is 0 Å². The highest BCUT2D eigenvalue weighted by Gasteiger charge is 2.15. The van der Waals surface area contributed by atoms with Crippen LogP contribution in [-0.2, 0) is 0 Å². The molecule has 18 heavy (non-hydrogen) atoms. The Balaban J connectivity index is 2.20. The maximum atomic E-state index is 5.94. The lowest BCUT2D eigenvalue weighted by atomic mass is 10.1. The van der Waals surface area contributed by atoms with E-state index in [0.29, 0.717) is 0 Å². The van der Waals surface area contributed by atoms with Crippen LogP contribution in [0.2, 0.25) is 19.6 Å². The van der Waals surface area contributed by atoms with Gasteiger partial charge in [0.15, 0.2) is 0 Å². The summed E-state index contributed by atoms with van der Waals surface area (Å²) in [5.74, 6) is 0.968. The molecule has 2 aromatic carbocycles. The van der Waals surface area contributed by atoms with E-state index in [1.54, 1.807) is 0 Å². The zero-order valence-corrected chi connectivity index (χ0v) is 13.5. The maximum Gasteiger partial charge on any atom is 0.242 e. The van der Waals surface area contributed by atoms with Crippen molar-refractivity contribution >= 4 is 24.2 Å². The van der Waals surface area contributed by atoms with Crippen LogP contribution < -0.4 is 4.43 Å². The van der Waals surface area contributed by atoms with Crippen LogP contribution in [0.15, 0.2) is 53.0 Å². The van der Waals surface area contributed by atoms with Gasteiger partial charge in [0, 0.05) is 4.47 Å². The van der Waals surface area contributed by atoms with Crippen LogP contribution in [0.4, 0.5) is 0 Å². The monoisotopic (exact) mass is 320 g/mol. The van der Waals surface area contributed by atoms with E-state index in [4.69, 9.17) is 4.43 Å². The number of rotatable bonds is 3. The highest BCUT2D eigenvalue weighted by atomic mass is 79.9. The van der Waals surface area contributed by atoms with Gasteiger partial charge in [0.2, 0.25) is 8.32 Å². The van der Waals surface area contributed by atoms with Crippen molar-refractivity contribution in [2.24, 2.45) is 0 Å². The van der Waals surface area contributed by atoms with Gasteiger partial charge in [-0.3, -0.25) is 0 Å². The van der Waals surface area contributed by atoms with E-state index in [2.05, 4.69) is 84.1 Å². The van der Waals surface area contributed by atoms with Crippen LogP contribution in [0, 0.1) is 0 Å². The van der Waals surface area contributed by atoms with Crippen LogP contribution in [0.1, 0.15) is 0 Å². The summed E-state index contributed by atoms with van der Waals surface area (Å²) in [6.07, 6.45) is 0. The molecule has 2 aromatic rings. The summed E-state index contributed by atoms with van der Waals surface area (Å²) < 4.78 is 7.04. The molecule has 0 N–H and O–H groups in total. The van der Waals surface area contributed by atoms with Gasteiger partial charge in [0.1, 0.15) is 5.75 Å². The van der Waals surface area contributed by atoms with E-state index >= 15 is 0 Å². The van der Waals surface area contributed by atoms with Gasteiger partial charge in [-0.05, 0) is 55.0 Å². The molecule has 0 amide bonds. The number of halogens is 1. The lowest BCUT2D eigenvalue weighted by Crippen LogP contribution is -2.29. The second kappa shape index (κ2) is 5.29. The van der Waals surface area contributed by atoms with E-state index < -0.39 is 8.32 Å². The fraction of sp³-hybridized carbons (Fsp3) is 0.200. The van der Waals surface area contributed by atoms with Crippen molar-refractivity contribution in [3.05, 3.63) is 53.0 Å². The molecular formula is C15H17BrOSi. The highest BCUT2D eigenvalue weighted by molar-refractivity contribution is 9.10. The Morgan fingerprint density at radius 3 is 1.67 bits per heavy atom. The Kier molecular flexibility index (Phi) is 3.93. The summed E-state index contributed by atoms with van der Waals surface area (Å²) >= 11 is 3.45. The molecule has 0 atom stereocenters. The topological polar surface area (TPSA) is 9.23 Å². The Morgan fingerprint density at radius 2 is 1.22 bits per heavy atom. The van der Waals surface area contributed by atoms with E-state index in [0.717, 1.165) is 10.2 Å². The minimum Gasteiger partial charge on any atom is -0.544 e. The summed E-state index contributed by atoms with van der Waals surface area (Å²) in [5, 5.41) is 0. The van der Waals surface area contributed by atoms with E-state index in [1.165, 1.54) is 11.1 Å². The molecule has 0 aliphatic carbocycles. The third-order valence-corrected chi connectivity index (χ3v) is 3.83. The van der Waals surface area contributed by atoms with Crippen molar-refractivity contribution < 1.29 is 4.43 Å². The maximum absolute atomic E-state index is 5.94. The molecule has 3 heteroatoms. The van der Waals surface area contributed by atoms with Crippen molar-refractivity contribution in [2.45, 2.75) is 19.6 Å². The smallest absolute Gasteiger partial charge is 0.242 e. The average Bonchev–Trinajstić information content (AvgIpc) is 2.29. The zero-order chi connectivity index (χ0) is 13.2. The fourth-order valence-corrected chi connectivity index (χ4v) is 2.82. The van der Waals surface area contributed by atoms with Crippen molar-refractivity contribution in [1.29, 1.82) is 0 Å². The molecule has 0 fully saturated rings. The Morgan fingerprint density at radius 1 is 0.778 bits per heavy atom. The van der Waals surface area contributed by atoms with Gasteiger partial charge in [-0.2, -0.15) is 0 Å². The Hall–Kier alpha value is -1.06. The summed E-state index contributed by atoms with van der Waals surface area (Å²) in [6, 6.07) is 16.7. The molecule has 94 valence electrons. The van der Waals surface area contributed by atoms with Gasteiger partial charge in [0.05, 0.1) is 0 Å². The van der Waals surface area contributed by atoms with Gasteiger partial charge in [0.25, 0.3) is 0 Å². The predicted octanol–water partition coefficient (Wildman–Crippen LogP) is 5.33. The van der Waals surface area contributed by atoms with Crippen LogP contribution in [-0.4, -0.2) is 8.32 Å². The van der Waals surface area contributed by atoms with E-state index in [1.807, 2.05) is 0 Å². The van der Waals surface area contributed by atoms with Crippen LogP contribution >= 0.6 is 15.9 Å². The first-order valence-electron chi connectivity index (χ1n) is 5.99. The molecule has 0 aliphatic heterocycles. The Bertz CT molecular complexity index is 512. The molecule has 2 rings (SSSR count). The normalized spacial score (nSPS) is 11.3. The SMILES string of the molecule is C[Si](C)(C)Oc1ccc(-c2ccc(Br)cc2)cc1. The molecular weight excluding hydrogens is 304 g/mol. The van der Waals surface area contributed by atoms with Gasteiger partial charge in [-0.15, -0.1) is 0 Å². The van der Waals surface area contributed by atoms with Crippen molar-refractivity contribution in [1.82, 2.24) is 0 Å². The molecule has 0 heterocycles. The first kappa shape index (κ1) is 13.4. The van der Waals surface area contributed by atoms with Crippen LogP contribution in [0.25, 0.3) is 11.1 Å². The first-order chi connectivity index (χ1) is 8.44. The molecule has 0 aliphatic rings. The minimum atomic E-state index is -1.51.